The summed E-state index contributed by atoms with van der Waals surface area (Å²) in [5.41, 5.74) is 1.48. The first-order valence-electron chi connectivity index (χ1n) is 6.25. The Bertz CT molecular complexity index is 564. The van der Waals surface area contributed by atoms with Gasteiger partial charge in [0.25, 0.3) is 0 Å². The number of nitrogens with zero attached hydrogens (tertiary/aromatic N) is 5. The van der Waals surface area contributed by atoms with Gasteiger partial charge in [0.1, 0.15) is 17.6 Å². The van der Waals surface area contributed by atoms with Gasteiger partial charge in [0.2, 0.25) is 0 Å². The van der Waals surface area contributed by atoms with Crippen LogP contribution in [0.15, 0.2) is 30.7 Å². The van der Waals surface area contributed by atoms with Crippen LogP contribution in [0.2, 0.25) is 0 Å². The second-order valence-electron chi connectivity index (χ2n) is 4.46. The molecule has 19 heavy (non-hydrogen) atoms. The molecule has 0 spiro atoms. The Morgan fingerprint density at radius 1 is 1.37 bits per heavy atom. The highest BCUT2D eigenvalue weighted by atomic mass is 15.1. The molecule has 0 N–H and O–H groups in total. The first kappa shape index (κ1) is 13.1. The van der Waals surface area contributed by atoms with Crippen LogP contribution in [0.3, 0.4) is 0 Å². The third-order valence-corrected chi connectivity index (χ3v) is 3.12. The number of anilines is 1. The molecule has 0 fully saturated rings. The van der Waals surface area contributed by atoms with E-state index in [1.807, 2.05) is 38.5 Å². The van der Waals surface area contributed by atoms with Crippen molar-refractivity contribution in [2.24, 2.45) is 0 Å². The van der Waals surface area contributed by atoms with E-state index in [4.69, 9.17) is 5.26 Å². The van der Waals surface area contributed by atoms with Crippen LogP contribution in [0, 0.1) is 18.3 Å². The largest absolute Gasteiger partial charge is 0.373 e. The molecular formula is C14H17N5. The summed E-state index contributed by atoms with van der Waals surface area (Å²) in [6.45, 7) is 3.90. The van der Waals surface area contributed by atoms with Crippen LogP contribution in [-0.2, 0) is 6.54 Å². The molecule has 2 rings (SSSR count). The number of aryl methyl sites for hydroxylation is 2. The van der Waals surface area contributed by atoms with E-state index in [0.29, 0.717) is 5.69 Å². The second-order valence-corrected chi connectivity index (χ2v) is 4.46. The van der Waals surface area contributed by atoms with Crippen LogP contribution in [0.1, 0.15) is 17.9 Å². The van der Waals surface area contributed by atoms with Gasteiger partial charge in [0.15, 0.2) is 0 Å². The SMILES string of the molecule is Cc1nccn1CCCN(C)c1ccc(C#N)nc1. The van der Waals surface area contributed by atoms with Crippen molar-refractivity contribution in [1.82, 2.24) is 14.5 Å². The van der Waals surface area contributed by atoms with E-state index >= 15 is 0 Å². The Hall–Kier alpha value is -2.35. The average molecular weight is 255 g/mol. The predicted octanol–water partition coefficient (Wildman–Crippen LogP) is 1.98. The number of rotatable bonds is 5. The quantitative estimate of drug-likeness (QED) is 0.819. The predicted molar refractivity (Wildman–Crippen MR) is 73.8 cm³/mol. The van der Waals surface area contributed by atoms with E-state index in [1.54, 1.807) is 12.3 Å². The van der Waals surface area contributed by atoms with Crippen molar-refractivity contribution >= 4 is 5.69 Å². The zero-order valence-electron chi connectivity index (χ0n) is 11.2. The van der Waals surface area contributed by atoms with Crippen molar-refractivity contribution < 1.29 is 0 Å². The fourth-order valence-corrected chi connectivity index (χ4v) is 1.93. The monoisotopic (exact) mass is 255 g/mol. The van der Waals surface area contributed by atoms with E-state index in [1.165, 1.54) is 0 Å². The second kappa shape index (κ2) is 6.01. The van der Waals surface area contributed by atoms with Crippen LogP contribution < -0.4 is 4.90 Å². The van der Waals surface area contributed by atoms with E-state index < -0.39 is 0 Å². The van der Waals surface area contributed by atoms with Crippen molar-refractivity contribution in [3.8, 4) is 6.07 Å². The van der Waals surface area contributed by atoms with Gasteiger partial charge >= 0.3 is 0 Å². The fourth-order valence-electron chi connectivity index (χ4n) is 1.93. The summed E-state index contributed by atoms with van der Waals surface area (Å²) in [5.74, 6) is 1.04. The van der Waals surface area contributed by atoms with Crippen molar-refractivity contribution in [1.29, 1.82) is 5.26 Å². The maximum Gasteiger partial charge on any atom is 0.140 e. The first-order valence-corrected chi connectivity index (χ1v) is 6.25. The molecule has 0 aliphatic heterocycles. The summed E-state index contributed by atoms with van der Waals surface area (Å²) >= 11 is 0. The molecule has 0 unspecified atom stereocenters. The molecular weight excluding hydrogens is 238 g/mol. The fraction of sp³-hybridized carbons (Fsp3) is 0.357. The van der Waals surface area contributed by atoms with Crippen molar-refractivity contribution in [2.75, 3.05) is 18.5 Å². The third-order valence-electron chi connectivity index (χ3n) is 3.12. The minimum Gasteiger partial charge on any atom is -0.373 e. The van der Waals surface area contributed by atoms with Gasteiger partial charge in [-0.3, -0.25) is 0 Å². The number of pyridine rings is 1. The highest BCUT2D eigenvalue weighted by Gasteiger charge is 2.02. The molecule has 0 radical (unpaired) electrons. The number of hydrogen-bond donors (Lipinski definition) is 0. The zero-order valence-corrected chi connectivity index (χ0v) is 11.2. The number of hydrogen-bond acceptors (Lipinski definition) is 4. The lowest BCUT2D eigenvalue weighted by atomic mass is 10.3. The molecule has 5 heteroatoms. The summed E-state index contributed by atoms with van der Waals surface area (Å²) in [6.07, 6.45) is 6.59. The molecule has 0 bridgehead atoms. The van der Waals surface area contributed by atoms with Crippen molar-refractivity contribution in [3.05, 3.63) is 42.2 Å². The van der Waals surface area contributed by atoms with Crippen LogP contribution in [-0.4, -0.2) is 28.1 Å². The molecule has 0 atom stereocenters. The molecule has 0 aliphatic rings. The molecule has 0 aliphatic carbocycles. The van der Waals surface area contributed by atoms with E-state index in [-0.39, 0.29) is 0 Å². The minimum absolute atomic E-state index is 0.450. The summed E-state index contributed by atoms with van der Waals surface area (Å²) in [7, 11) is 2.03. The molecule has 98 valence electrons. The van der Waals surface area contributed by atoms with Crippen LogP contribution >= 0.6 is 0 Å². The van der Waals surface area contributed by atoms with Crippen LogP contribution in [0.5, 0.6) is 0 Å². The zero-order chi connectivity index (χ0) is 13.7. The normalized spacial score (nSPS) is 10.2. The Kier molecular flexibility index (Phi) is 4.14. The topological polar surface area (TPSA) is 57.7 Å². The van der Waals surface area contributed by atoms with Crippen molar-refractivity contribution in [2.45, 2.75) is 19.9 Å². The lowest BCUT2D eigenvalue weighted by molar-refractivity contribution is 0.622. The van der Waals surface area contributed by atoms with Gasteiger partial charge in [0, 0.05) is 32.5 Å². The summed E-state index contributed by atoms with van der Waals surface area (Å²) in [6, 6.07) is 5.69. The van der Waals surface area contributed by atoms with Gasteiger partial charge in [-0.1, -0.05) is 0 Å². The lowest BCUT2D eigenvalue weighted by Crippen LogP contribution is -2.20. The summed E-state index contributed by atoms with van der Waals surface area (Å²) in [5, 5.41) is 8.71. The number of imidazole rings is 1. The Balaban J connectivity index is 1.85. The third kappa shape index (κ3) is 3.32. The molecule has 0 saturated carbocycles. The molecule has 2 aromatic rings. The maximum absolute atomic E-state index is 8.71. The van der Waals surface area contributed by atoms with E-state index in [2.05, 4.69) is 19.4 Å². The van der Waals surface area contributed by atoms with E-state index in [0.717, 1.165) is 31.0 Å². The smallest absolute Gasteiger partial charge is 0.140 e. The van der Waals surface area contributed by atoms with Crippen LogP contribution in [0.25, 0.3) is 0 Å². The van der Waals surface area contributed by atoms with Gasteiger partial charge in [-0.25, -0.2) is 9.97 Å². The number of nitriles is 1. The van der Waals surface area contributed by atoms with Crippen LogP contribution in [0.4, 0.5) is 5.69 Å². The molecule has 2 heterocycles. The molecule has 0 amide bonds. The standard InChI is InChI=1S/C14H17N5/c1-12-16-6-9-19(12)8-3-7-18(2)14-5-4-13(10-15)17-11-14/h4-6,9,11H,3,7-8H2,1-2H3. The molecule has 0 saturated heterocycles. The Morgan fingerprint density at radius 3 is 2.79 bits per heavy atom. The highest BCUT2D eigenvalue weighted by Crippen LogP contribution is 2.11. The Morgan fingerprint density at radius 2 is 2.21 bits per heavy atom. The van der Waals surface area contributed by atoms with Gasteiger partial charge in [-0.15, -0.1) is 0 Å². The van der Waals surface area contributed by atoms with Gasteiger partial charge in [-0.05, 0) is 25.5 Å². The lowest BCUT2D eigenvalue weighted by Gasteiger charge is -2.19. The molecule has 2 aromatic heterocycles. The Labute approximate surface area is 113 Å². The molecule has 5 nitrogen and oxygen atoms in total. The average Bonchev–Trinajstić information content (AvgIpc) is 2.84. The molecule has 0 aromatic carbocycles. The highest BCUT2D eigenvalue weighted by molar-refractivity contribution is 5.44. The number of aromatic nitrogens is 3. The van der Waals surface area contributed by atoms with Gasteiger partial charge in [0.05, 0.1) is 11.9 Å². The summed E-state index contributed by atoms with van der Waals surface area (Å²) in [4.78, 5) is 10.4. The van der Waals surface area contributed by atoms with Gasteiger partial charge in [-0.2, -0.15) is 5.26 Å². The van der Waals surface area contributed by atoms with Gasteiger partial charge < -0.3 is 9.47 Å². The van der Waals surface area contributed by atoms with E-state index in [9.17, 15) is 0 Å². The maximum atomic E-state index is 8.71. The van der Waals surface area contributed by atoms with Crippen molar-refractivity contribution in [3.63, 3.8) is 0 Å². The first-order chi connectivity index (χ1) is 9.20. The minimum atomic E-state index is 0.450. The summed E-state index contributed by atoms with van der Waals surface area (Å²) < 4.78 is 2.14.